The Balaban J connectivity index is 0.000000810. The predicted octanol–water partition coefficient (Wildman–Crippen LogP) is 1.03. The average molecular weight is 181 g/mol. The molecular formula is C5H9ClN2OS. The summed E-state index contributed by atoms with van der Waals surface area (Å²) in [5.74, 6) is 0.653. The number of hydrogen-bond donors (Lipinski definition) is 1. The monoisotopic (exact) mass is 180 g/mol. The lowest BCUT2D eigenvalue weighted by Crippen LogP contribution is -1.91. The molecule has 0 unspecified atom stereocenters. The maximum absolute atomic E-state index is 5.33. The van der Waals surface area contributed by atoms with Gasteiger partial charge in [-0.3, -0.25) is 0 Å². The summed E-state index contributed by atoms with van der Waals surface area (Å²) in [6, 6.07) is 1.84. The minimum Gasteiger partial charge on any atom is -0.480 e. The quantitative estimate of drug-likeness (QED) is 0.740. The largest absolute Gasteiger partial charge is 0.480 e. The van der Waals surface area contributed by atoms with Gasteiger partial charge < -0.3 is 10.5 Å². The summed E-state index contributed by atoms with van der Waals surface area (Å²) >= 11 is 1.37. The topological polar surface area (TPSA) is 48.1 Å². The summed E-state index contributed by atoms with van der Waals surface area (Å²) in [6.45, 7) is 0.543. The lowest BCUT2D eigenvalue weighted by molar-refractivity contribution is 0.402. The van der Waals surface area contributed by atoms with E-state index in [4.69, 9.17) is 10.5 Å². The van der Waals surface area contributed by atoms with E-state index in [1.165, 1.54) is 11.5 Å². The standard InChI is InChI=1S/C5H8N2OS.ClH/c1-8-5-2-4(3-6)9-7-5;/h2H,3,6H2,1H3;1H. The zero-order chi connectivity index (χ0) is 6.69. The van der Waals surface area contributed by atoms with Crippen LogP contribution in [0.4, 0.5) is 0 Å². The summed E-state index contributed by atoms with van der Waals surface area (Å²) in [7, 11) is 1.59. The zero-order valence-corrected chi connectivity index (χ0v) is 7.17. The highest BCUT2D eigenvalue weighted by Crippen LogP contribution is 2.14. The van der Waals surface area contributed by atoms with E-state index in [1.807, 2.05) is 6.07 Å². The number of ether oxygens (including phenoxy) is 1. The van der Waals surface area contributed by atoms with E-state index in [0.29, 0.717) is 12.4 Å². The lowest BCUT2D eigenvalue weighted by atomic mass is 10.5. The van der Waals surface area contributed by atoms with Crippen molar-refractivity contribution < 1.29 is 4.74 Å². The first-order chi connectivity index (χ1) is 4.36. The van der Waals surface area contributed by atoms with Crippen molar-refractivity contribution in [2.75, 3.05) is 7.11 Å². The molecule has 0 aliphatic heterocycles. The first-order valence-electron chi connectivity index (χ1n) is 2.56. The summed E-state index contributed by atoms with van der Waals surface area (Å²) < 4.78 is 8.79. The van der Waals surface area contributed by atoms with Crippen LogP contribution in [0.2, 0.25) is 0 Å². The van der Waals surface area contributed by atoms with Gasteiger partial charge in [-0.2, -0.15) is 4.37 Å². The molecule has 0 saturated carbocycles. The van der Waals surface area contributed by atoms with Gasteiger partial charge in [0.2, 0.25) is 5.88 Å². The molecule has 0 fully saturated rings. The minimum atomic E-state index is 0. The molecule has 0 aliphatic rings. The van der Waals surface area contributed by atoms with Crippen LogP contribution in [0.25, 0.3) is 0 Å². The van der Waals surface area contributed by atoms with Crippen molar-refractivity contribution in [3.63, 3.8) is 0 Å². The number of aromatic nitrogens is 1. The Bertz CT molecular complexity index is 173. The number of hydrogen-bond acceptors (Lipinski definition) is 4. The van der Waals surface area contributed by atoms with Gasteiger partial charge in [-0.1, -0.05) is 0 Å². The third-order valence-corrected chi connectivity index (χ3v) is 1.74. The highest BCUT2D eigenvalue weighted by Gasteiger charge is 1.96. The van der Waals surface area contributed by atoms with Crippen LogP contribution < -0.4 is 10.5 Å². The summed E-state index contributed by atoms with van der Waals surface area (Å²) in [5, 5.41) is 0. The van der Waals surface area contributed by atoms with Crippen LogP contribution in [-0.2, 0) is 6.54 Å². The maximum Gasteiger partial charge on any atom is 0.225 e. The van der Waals surface area contributed by atoms with Crippen LogP contribution in [0, 0.1) is 0 Å². The van der Waals surface area contributed by atoms with Crippen LogP contribution in [-0.4, -0.2) is 11.5 Å². The molecule has 10 heavy (non-hydrogen) atoms. The van der Waals surface area contributed by atoms with Crippen LogP contribution in [0.15, 0.2) is 6.07 Å². The van der Waals surface area contributed by atoms with E-state index >= 15 is 0 Å². The maximum atomic E-state index is 5.33. The van der Waals surface area contributed by atoms with Crippen molar-refractivity contribution in [2.45, 2.75) is 6.54 Å². The molecule has 0 bridgehead atoms. The first-order valence-corrected chi connectivity index (χ1v) is 3.34. The fraction of sp³-hybridized carbons (Fsp3) is 0.400. The SMILES string of the molecule is COc1cc(CN)sn1.Cl. The van der Waals surface area contributed by atoms with Gasteiger partial charge in [0.05, 0.1) is 7.11 Å². The van der Waals surface area contributed by atoms with Gasteiger partial charge in [0, 0.05) is 17.5 Å². The molecule has 3 nitrogen and oxygen atoms in total. The van der Waals surface area contributed by atoms with Crippen LogP contribution in [0.5, 0.6) is 5.88 Å². The second-order valence-electron chi connectivity index (χ2n) is 1.54. The molecule has 0 amide bonds. The zero-order valence-electron chi connectivity index (χ0n) is 5.53. The Kier molecular flexibility index (Phi) is 4.34. The number of rotatable bonds is 2. The fourth-order valence-electron chi connectivity index (χ4n) is 0.486. The van der Waals surface area contributed by atoms with Crippen molar-refractivity contribution in [1.82, 2.24) is 4.37 Å². The molecule has 0 aromatic carbocycles. The Labute approximate surface area is 69.8 Å². The third kappa shape index (κ3) is 2.13. The van der Waals surface area contributed by atoms with E-state index in [0.717, 1.165) is 4.88 Å². The van der Waals surface area contributed by atoms with Crippen LogP contribution >= 0.6 is 23.9 Å². The Morgan fingerprint density at radius 2 is 2.50 bits per heavy atom. The molecule has 0 aliphatic carbocycles. The van der Waals surface area contributed by atoms with Crippen LogP contribution in [0.1, 0.15) is 4.88 Å². The molecule has 2 N–H and O–H groups in total. The first kappa shape index (κ1) is 9.68. The molecular weight excluding hydrogens is 172 g/mol. The van der Waals surface area contributed by atoms with Gasteiger partial charge in [-0.15, -0.1) is 12.4 Å². The molecule has 0 spiro atoms. The molecule has 0 radical (unpaired) electrons. The van der Waals surface area contributed by atoms with Crippen molar-refractivity contribution in [2.24, 2.45) is 5.73 Å². The fourth-order valence-corrected chi connectivity index (χ4v) is 1.05. The second-order valence-corrected chi connectivity index (χ2v) is 2.43. The van der Waals surface area contributed by atoms with E-state index in [-0.39, 0.29) is 12.4 Å². The summed E-state index contributed by atoms with van der Waals surface area (Å²) in [6.07, 6.45) is 0. The number of methoxy groups -OCH3 is 1. The Morgan fingerprint density at radius 3 is 2.80 bits per heavy atom. The van der Waals surface area contributed by atoms with Gasteiger partial charge in [-0.25, -0.2) is 0 Å². The van der Waals surface area contributed by atoms with Crippen LogP contribution in [0.3, 0.4) is 0 Å². The normalized spacial score (nSPS) is 8.60. The second kappa shape index (κ2) is 4.49. The van der Waals surface area contributed by atoms with Crippen molar-refractivity contribution in [3.8, 4) is 5.88 Å². The molecule has 5 heteroatoms. The smallest absolute Gasteiger partial charge is 0.225 e. The molecule has 1 heterocycles. The van der Waals surface area contributed by atoms with Gasteiger partial charge in [-0.05, 0) is 11.5 Å². The van der Waals surface area contributed by atoms with Crippen molar-refractivity contribution in [1.29, 1.82) is 0 Å². The van der Waals surface area contributed by atoms with E-state index in [1.54, 1.807) is 7.11 Å². The Hall–Kier alpha value is -0.320. The van der Waals surface area contributed by atoms with Crippen molar-refractivity contribution >= 4 is 23.9 Å². The molecule has 1 rings (SSSR count). The van der Waals surface area contributed by atoms with Gasteiger partial charge in [0.1, 0.15) is 0 Å². The van der Waals surface area contributed by atoms with E-state index in [9.17, 15) is 0 Å². The number of nitrogens with two attached hydrogens (primary N) is 1. The number of halogens is 1. The van der Waals surface area contributed by atoms with E-state index < -0.39 is 0 Å². The van der Waals surface area contributed by atoms with Gasteiger partial charge >= 0.3 is 0 Å². The number of nitrogens with zero attached hydrogens (tertiary/aromatic N) is 1. The molecule has 1 aromatic heterocycles. The molecule has 1 aromatic rings. The average Bonchev–Trinajstić information content (AvgIpc) is 2.34. The Morgan fingerprint density at radius 1 is 1.80 bits per heavy atom. The van der Waals surface area contributed by atoms with Gasteiger partial charge in [0.15, 0.2) is 0 Å². The predicted molar refractivity (Wildman–Crippen MR) is 43.8 cm³/mol. The molecule has 0 saturated heterocycles. The minimum absolute atomic E-state index is 0. The summed E-state index contributed by atoms with van der Waals surface area (Å²) in [5.41, 5.74) is 5.33. The van der Waals surface area contributed by atoms with Gasteiger partial charge in [0.25, 0.3) is 0 Å². The van der Waals surface area contributed by atoms with Crippen molar-refractivity contribution in [3.05, 3.63) is 10.9 Å². The third-order valence-electron chi connectivity index (χ3n) is 0.948. The highest BCUT2D eigenvalue weighted by molar-refractivity contribution is 7.05. The molecule has 0 atom stereocenters. The lowest BCUT2D eigenvalue weighted by Gasteiger charge is -1.86. The summed E-state index contributed by atoms with van der Waals surface area (Å²) in [4.78, 5) is 1.05. The molecule has 58 valence electrons. The highest BCUT2D eigenvalue weighted by atomic mass is 35.5. The van der Waals surface area contributed by atoms with E-state index in [2.05, 4.69) is 4.37 Å².